The Kier molecular flexibility index (Phi) is 3.86. The summed E-state index contributed by atoms with van der Waals surface area (Å²) in [4.78, 5) is 11.1. The van der Waals surface area contributed by atoms with Gasteiger partial charge in [0, 0.05) is 31.4 Å². The van der Waals surface area contributed by atoms with E-state index in [-0.39, 0.29) is 5.91 Å². The maximum absolute atomic E-state index is 11.1. The molecule has 1 aliphatic carbocycles. The summed E-state index contributed by atoms with van der Waals surface area (Å²) in [6.07, 6.45) is 7.80. The quantitative estimate of drug-likeness (QED) is 0.938. The van der Waals surface area contributed by atoms with Crippen LogP contribution in [0.2, 0.25) is 0 Å². The summed E-state index contributed by atoms with van der Waals surface area (Å²) < 4.78 is 7.67. The van der Waals surface area contributed by atoms with Crippen molar-refractivity contribution in [2.24, 2.45) is 0 Å². The molecule has 4 heteroatoms. The van der Waals surface area contributed by atoms with E-state index in [2.05, 4.69) is 22.0 Å². The largest absolute Gasteiger partial charge is 0.497 e. The van der Waals surface area contributed by atoms with Gasteiger partial charge in [0.25, 0.3) is 0 Å². The summed E-state index contributed by atoms with van der Waals surface area (Å²) in [5.74, 6) is 0.920. The van der Waals surface area contributed by atoms with E-state index in [9.17, 15) is 4.79 Å². The zero-order chi connectivity index (χ0) is 14.8. The third-order valence-corrected chi connectivity index (χ3v) is 4.31. The van der Waals surface area contributed by atoms with Crippen molar-refractivity contribution in [3.63, 3.8) is 0 Å². The van der Waals surface area contributed by atoms with Crippen molar-refractivity contribution in [3.05, 3.63) is 35.2 Å². The first kappa shape index (κ1) is 14.0. The Morgan fingerprint density at radius 1 is 1.38 bits per heavy atom. The van der Waals surface area contributed by atoms with Gasteiger partial charge in [-0.1, -0.05) is 0 Å². The Morgan fingerprint density at radius 3 is 2.95 bits per heavy atom. The summed E-state index contributed by atoms with van der Waals surface area (Å²) in [6.45, 7) is 2.26. The molecule has 1 aliphatic rings. The number of aromatic nitrogens is 1. The minimum atomic E-state index is 0.0324. The van der Waals surface area contributed by atoms with Crippen molar-refractivity contribution in [3.8, 4) is 5.75 Å². The molecule has 0 radical (unpaired) electrons. The monoisotopic (exact) mass is 286 g/mol. The number of methoxy groups -OCH3 is 1. The van der Waals surface area contributed by atoms with E-state index >= 15 is 0 Å². The van der Waals surface area contributed by atoms with Crippen molar-refractivity contribution in [2.45, 2.75) is 39.0 Å². The first-order chi connectivity index (χ1) is 10.2. The van der Waals surface area contributed by atoms with Crippen molar-refractivity contribution in [1.82, 2.24) is 9.72 Å². The highest BCUT2D eigenvalue weighted by Crippen LogP contribution is 2.32. The van der Waals surface area contributed by atoms with Crippen LogP contribution in [-0.2, 0) is 24.1 Å². The molecule has 1 N–H and O–H groups in total. The van der Waals surface area contributed by atoms with Gasteiger partial charge in [-0.2, -0.15) is 0 Å². The van der Waals surface area contributed by atoms with Gasteiger partial charge in [0.05, 0.1) is 12.6 Å². The molecule has 0 bridgehead atoms. The third kappa shape index (κ3) is 2.62. The molecule has 2 heterocycles. The van der Waals surface area contributed by atoms with Crippen LogP contribution in [0, 0.1) is 0 Å². The van der Waals surface area contributed by atoms with Crippen LogP contribution in [0.1, 0.15) is 36.6 Å². The molecule has 2 aromatic rings. The Morgan fingerprint density at radius 2 is 2.19 bits per heavy atom. The maximum atomic E-state index is 11.1. The lowest BCUT2D eigenvalue weighted by atomic mass is 9.93. The summed E-state index contributed by atoms with van der Waals surface area (Å²) in [5.41, 5.74) is 5.53. The summed E-state index contributed by atoms with van der Waals surface area (Å²) in [7, 11) is 1.70. The van der Waals surface area contributed by atoms with Gasteiger partial charge in [-0.3, -0.25) is 4.79 Å². The van der Waals surface area contributed by atoms with Gasteiger partial charge in [-0.25, -0.2) is 0 Å². The number of carbonyl (C=O) groups excluding carboxylic acids is 1. The van der Waals surface area contributed by atoms with Crippen LogP contribution in [0.25, 0.3) is 5.52 Å². The highest BCUT2D eigenvalue weighted by Gasteiger charge is 2.20. The van der Waals surface area contributed by atoms with Gasteiger partial charge in [0.1, 0.15) is 5.75 Å². The lowest BCUT2D eigenvalue weighted by Crippen LogP contribution is -2.22. The number of hydrogen-bond donors (Lipinski definition) is 1. The van der Waals surface area contributed by atoms with Crippen LogP contribution >= 0.6 is 0 Å². The highest BCUT2D eigenvalue weighted by atomic mass is 16.5. The molecule has 21 heavy (non-hydrogen) atoms. The lowest BCUT2D eigenvalue weighted by molar-refractivity contribution is -0.118. The zero-order valence-corrected chi connectivity index (χ0v) is 12.7. The minimum absolute atomic E-state index is 0.0324. The van der Waals surface area contributed by atoms with Gasteiger partial charge in [-0.05, 0) is 49.3 Å². The van der Waals surface area contributed by atoms with Crippen molar-refractivity contribution in [2.75, 3.05) is 13.7 Å². The van der Waals surface area contributed by atoms with Crippen LogP contribution < -0.4 is 10.1 Å². The number of ether oxygens (including phenoxy) is 1. The fraction of sp³-hybridized carbons (Fsp3) is 0.471. The van der Waals surface area contributed by atoms with Crippen molar-refractivity contribution < 1.29 is 9.53 Å². The Bertz CT molecular complexity index is 673. The number of aryl methyl sites for hydroxylation is 1. The molecule has 0 aromatic carbocycles. The fourth-order valence-corrected chi connectivity index (χ4v) is 3.35. The van der Waals surface area contributed by atoms with E-state index in [0.29, 0.717) is 6.54 Å². The highest BCUT2D eigenvalue weighted by molar-refractivity contribution is 5.73. The second kappa shape index (κ2) is 5.80. The Balaban J connectivity index is 2.04. The molecule has 1 amide bonds. The minimum Gasteiger partial charge on any atom is -0.497 e. The molecule has 0 aliphatic heterocycles. The molecule has 0 fully saturated rings. The Hall–Kier alpha value is -1.97. The average Bonchev–Trinajstić information content (AvgIpc) is 2.81. The van der Waals surface area contributed by atoms with E-state index in [0.717, 1.165) is 25.0 Å². The predicted octanol–water partition coefficient (Wildman–Crippen LogP) is 2.51. The van der Waals surface area contributed by atoms with Gasteiger partial charge in [-0.15, -0.1) is 0 Å². The van der Waals surface area contributed by atoms with Gasteiger partial charge >= 0.3 is 0 Å². The number of hydrogen-bond acceptors (Lipinski definition) is 2. The number of pyridine rings is 1. The molecular weight excluding hydrogens is 264 g/mol. The number of amides is 1. The molecule has 3 rings (SSSR count). The molecular formula is C17H22N2O2. The number of carbonyl (C=O) groups is 1. The standard InChI is InChI=1S/C17H22N2O2/c1-12(20)18-9-7-15-14-5-3-4-6-16(14)19-10-8-13(21-2)11-17(15)19/h8,10-11H,3-7,9H2,1-2H3,(H,18,20). The van der Waals surface area contributed by atoms with E-state index in [1.54, 1.807) is 14.0 Å². The fourth-order valence-electron chi connectivity index (χ4n) is 3.35. The molecule has 4 nitrogen and oxygen atoms in total. The van der Waals surface area contributed by atoms with E-state index in [4.69, 9.17) is 4.74 Å². The van der Waals surface area contributed by atoms with Gasteiger partial charge in [0.15, 0.2) is 0 Å². The molecule has 112 valence electrons. The normalized spacial score (nSPS) is 14.0. The van der Waals surface area contributed by atoms with E-state index in [1.165, 1.54) is 35.2 Å². The van der Waals surface area contributed by atoms with Crippen LogP contribution in [0.4, 0.5) is 0 Å². The van der Waals surface area contributed by atoms with E-state index in [1.807, 2.05) is 6.07 Å². The number of nitrogens with zero attached hydrogens (tertiary/aromatic N) is 1. The molecule has 0 spiro atoms. The average molecular weight is 286 g/mol. The number of rotatable bonds is 4. The molecule has 0 saturated carbocycles. The number of nitrogens with one attached hydrogen (secondary N) is 1. The summed E-state index contributed by atoms with van der Waals surface area (Å²) >= 11 is 0. The smallest absolute Gasteiger partial charge is 0.216 e. The van der Waals surface area contributed by atoms with Crippen LogP contribution in [0.3, 0.4) is 0 Å². The summed E-state index contributed by atoms with van der Waals surface area (Å²) in [5, 5.41) is 2.90. The lowest BCUT2D eigenvalue weighted by Gasteiger charge is -2.13. The van der Waals surface area contributed by atoms with Crippen LogP contribution in [0.5, 0.6) is 5.75 Å². The van der Waals surface area contributed by atoms with Crippen LogP contribution in [-0.4, -0.2) is 24.0 Å². The van der Waals surface area contributed by atoms with Gasteiger partial charge in [0.2, 0.25) is 5.91 Å². The molecule has 2 aromatic heterocycles. The maximum Gasteiger partial charge on any atom is 0.216 e. The first-order valence-electron chi connectivity index (χ1n) is 7.64. The molecule has 0 saturated heterocycles. The van der Waals surface area contributed by atoms with Crippen molar-refractivity contribution >= 4 is 11.4 Å². The first-order valence-corrected chi connectivity index (χ1v) is 7.64. The topological polar surface area (TPSA) is 42.7 Å². The summed E-state index contributed by atoms with van der Waals surface area (Å²) in [6, 6.07) is 4.13. The molecule has 0 atom stereocenters. The van der Waals surface area contributed by atoms with Gasteiger partial charge < -0.3 is 14.5 Å². The SMILES string of the molecule is COc1ccn2c3c(c(CCNC(C)=O)c2c1)CCCC3. The van der Waals surface area contributed by atoms with Crippen molar-refractivity contribution in [1.29, 1.82) is 0 Å². The second-order valence-electron chi connectivity index (χ2n) is 5.67. The zero-order valence-electron chi connectivity index (χ0n) is 12.7. The third-order valence-electron chi connectivity index (χ3n) is 4.31. The van der Waals surface area contributed by atoms with Crippen LogP contribution in [0.15, 0.2) is 18.3 Å². The molecule has 0 unspecified atom stereocenters. The predicted molar refractivity (Wildman–Crippen MR) is 83.0 cm³/mol. The second-order valence-corrected chi connectivity index (χ2v) is 5.67. The Labute approximate surface area is 125 Å². The number of fused-ring (bicyclic) bond motifs is 3. The van der Waals surface area contributed by atoms with E-state index < -0.39 is 0 Å².